The van der Waals surface area contributed by atoms with Crippen molar-refractivity contribution in [1.82, 2.24) is 0 Å². The molecule has 4 N–H and O–H groups in total. The third-order valence-electron chi connectivity index (χ3n) is 2.29. The van der Waals surface area contributed by atoms with Crippen LogP contribution in [0, 0.1) is 0 Å². The Morgan fingerprint density at radius 2 is 2.05 bits per heavy atom. The first-order chi connectivity index (χ1) is 8.73. The van der Waals surface area contributed by atoms with E-state index in [-0.39, 0.29) is 17.7 Å². The van der Waals surface area contributed by atoms with Gasteiger partial charge in [-0.15, -0.1) is 13.2 Å². The molecule has 0 aromatic heterocycles. The Bertz CT molecular complexity index is 463. The summed E-state index contributed by atoms with van der Waals surface area (Å²) in [4.78, 5) is 11.1. The number of alkyl halides is 3. The molecular weight excluding hydrogens is 265 g/mol. The van der Waals surface area contributed by atoms with Gasteiger partial charge in [0.2, 0.25) is 0 Å². The maximum atomic E-state index is 12.1. The molecule has 0 saturated heterocycles. The molecule has 1 aromatic rings. The summed E-state index contributed by atoms with van der Waals surface area (Å²) in [5, 5.41) is 0. The molecule has 0 aliphatic carbocycles. The summed E-state index contributed by atoms with van der Waals surface area (Å²) >= 11 is 0. The lowest BCUT2D eigenvalue weighted by atomic mass is 10.0. The van der Waals surface area contributed by atoms with Gasteiger partial charge in [-0.1, -0.05) is 0 Å². The topological polar surface area (TPSA) is 87.6 Å². The van der Waals surface area contributed by atoms with Gasteiger partial charge in [0, 0.05) is 12.1 Å². The number of benzene rings is 1. The highest BCUT2D eigenvalue weighted by Crippen LogP contribution is 2.26. The Hall–Kier alpha value is -1.96. The summed E-state index contributed by atoms with van der Waals surface area (Å²) in [6.45, 7) is 0. The number of ether oxygens (including phenoxy) is 2. The van der Waals surface area contributed by atoms with Crippen LogP contribution in [0.5, 0.6) is 5.75 Å². The summed E-state index contributed by atoms with van der Waals surface area (Å²) in [5.74, 6) is -1.10. The SMILES string of the molecule is COC(=O)[C@@H](N)Cc1cc(OC(F)(F)F)ccc1N. The van der Waals surface area contributed by atoms with Gasteiger partial charge in [-0.05, 0) is 23.8 Å². The number of halogens is 3. The second kappa shape index (κ2) is 5.79. The molecule has 1 aromatic carbocycles. The Balaban J connectivity index is 2.88. The molecule has 0 heterocycles. The summed E-state index contributed by atoms with van der Waals surface area (Å²) in [6.07, 6.45) is -4.84. The molecule has 0 spiro atoms. The van der Waals surface area contributed by atoms with Gasteiger partial charge in [-0.3, -0.25) is 4.79 Å². The number of nitrogens with two attached hydrogens (primary N) is 2. The molecule has 0 saturated carbocycles. The van der Waals surface area contributed by atoms with Crippen molar-refractivity contribution in [3.63, 3.8) is 0 Å². The largest absolute Gasteiger partial charge is 0.573 e. The van der Waals surface area contributed by atoms with Crippen molar-refractivity contribution < 1.29 is 27.4 Å². The highest BCUT2D eigenvalue weighted by Gasteiger charge is 2.31. The van der Waals surface area contributed by atoms with E-state index in [4.69, 9.17) is 11.5 Å². The fraction of sp³-hybridized carbons (Fsp3) is 0.364. The van der Waals surface area contributed by atoms with E-state index in [9.17, 15) is 18.0 Å². The van der Waals surface area contributed by atoms with E-state index in [1.165, 1.54) is 6.07 Å². The van der Waals surface area contributed by atoms with E-state index in [1.807, 2.05) is 0 Å². The molecule has 0 aliphatic heterocycles. The first kappa shape index (κ1) is 15.1. The minimum absolute atomic E-state index is 0.0481. The molecular formula is C11H13F3N2O3. The Morgan fingerprint density at radius 1 is 1.42 bits per heavy atom. The molecule has 1 atom stereocenters. The zero-order valence-electron chi connectivity index (χ0n) is 10.0. The molecule has 8 heteroatoms. The maximum absolute atomic E-state index is 12.1. The van der Waals surface area contributed by atoms with Crippen LogP contribution in [0.4, 0.5) is 18.9 Å². The van der Waals surface area contributed by atoms with Crippen LogP contribution in [0.15, 0.2) is 18.2 Å². The van der Waals surface area contributed by atoms with Crippen molar-refractivity contribution in [3.05, 3.63) is 23.8 Å². The van der Waals surface area contributed by atoms with Gasteiger partial charge in [0.05, 0.1) is 7.11 Å². The first-order valence-electron chi connectivity index (χ1n) is 5.20. The minimum atomic E-state index is -4.79. The standard InChI is InChI=1S/C11H13F3N2O3/c1-18-10(17)9(16)5-6-4-7(2-3-8(6)15)19-11(12,13)14/h2-4,9H,5,15-16H2,1H3/t9-/m0/s1. The van der Waals surface area contributed by atoms with Crippen LogP contribution in [-0.4, -0.2) is 25.5 Å². The predicted molar refractivity (Wildman–Crippen MR) is 61.2 cm³/mol. The van der Waals surface area contributed by atoms with Gasteiger partial charge in [0.25, 0.3) is 0 Å². The van der Waals surface area contributed by atoms with Crippen LogP contribution in [0.2, 0.25) is 0 Å². The van der Waals surface area contributed by atoms with Gasteiger partial charge in [0.1, 0.15) is 11.8 Å². The third kappa shape index (κ3) is 4.66. The van der Waals surface area contributed by atoms with Crippen molar-refractivity contribution in [2.75, 3.05) is 12.8 Å². The van der Waals surface area contributed by atoms with Crippen LogP contribution in [0.25, 0.3) is 0 Å². The zero-order chi connectivity index (χ0) is 14.6. The Labute approximate surface area is 107 Å². The van der Waals surface area contributed by atoms with Crippen molar-refractivity contribution in [3.8, 4) is 5.75 Å². The van der Waals surface area contributed by atoms with E-state index >= 15 is 0 Å². The van der Waals surface area contributed by atoms with E-state index in [2.05, 4.69) is 9.47 Å². The zero-order valence-corrected chi connectivity index (χ0v) is 10.0. The number of methoxy groups -OCH3 is 1. The number of hydrogen-bond donors (Lipinski definition) is 2. The molecule has 0 amide bonds. The minimum Gasteiger partial charge on any atom is -0.468 e. The van der Waals surface area contributed by atoms with Crippen LogP contribution in [-0.2, 0) is 16.0 Å². The lowest BCUT2D eigenvalue weighted by Gasteiger charge is -2.14. The number of hydrogen-bond acceptors (Lipinski definition) is 5. The normalized spacial score (nSPS) is 12.9. The van der Waals surface area contributed by atoms with Crippen LogP contribution >= 0.6 is 0 Å². The molecule has 5 nitrogen and oxygen atoms in total. The molecule has 0 radical (unpaired) electrons. The lowest BCUT2D eigenvalue weighted by molar-refractivity contribution is -0.274. The highest BCUT2D eigenvalue weighted by atomic mass is 19.4. The fourth-order valence-electron chi connectivity index (χ4n) is 1.43. The van der Waals surface area contributed by atoms with Crippen molar-refractivity contribution in [2.45, 2.75) is 18.8 Å². The highest BCUT2D eigenvalue weighted by molar-refractivity contribution is 5.76. The summed E-state index contributed by atoms with van der Waals surface area (Å²) in [6, 6.07) is 2.41. The number of rotatable bonds is 4. The predicted octanol–water partition coefficient (Wildman–Crippen LogP) is 1.21. The lowest BCUT2D eigenvalue weighted by Crippen LogP contribution is -2.33. The molecule has 0 unspecified atom stereocenters. The fourth-order valence-corrected chi connectivity index (χ4v) is 1.43. The Morgan fingerprint density at radius 3 is 2.58 bits per heavy atom. The molecule has 106 valence electrons. The van der Waals surface area contributed by atoms with Gasteiger partial charge >= 0.3 is 12.3 Å². The quantitative estimate of drug-likeness (QED) is 0.638. The number of carbonyl (C=O) groups is 1. The number of carbonyl (C=O) groups excluding carboxylic acids is 1. The Kier molecular flexibility index (Phi) is 4.60. The van der Waals surface area contributed by atoms with E-state index < -0.39 is 24.1 Å². The monoisotopic (exact) mass is 278 g/mol. The summed E-state index contributed by atoms with van der Waals surface area (Å²) in [7, 11) is 1.16. The first-order valence-corrected chi connectivity index (χ1v) is 5.20. The van der Waals surface area contributed by atoms with Crippen molar-refractivity contribution >= 4 is 11.7 Å². The second-order valence-corrected chi connectivity index (χ2v) is 3.74. The number of nitrogen functional groups attached to an aromatic ring is 1. The van der Waals surface area contributed by atoms with Crippen LogP contribution in [0.1, 0.15) is 5.56 Å². The van der Waals surface area contributed by atoms with Gasteiger partial charge in [-0.2, -0.15) is 0 Å². The number of esters is 1. The third-order valence-corrected chi connectivity index (χ3v) is 2.29. The average Bonchev–Trinajstić information content (AvgIpc) is 2.30. The van der Waals surface area contributed by atoms with Crippen molar-refractivity contribution in [2.24, 2.45) is 5.73 Å². The van der Waals surface area contributed by atoms with Gasteiger partial charge < -0.3 is 20.9 Å². The molecule has 1 rings (SSSR count). The van der Waals surface area contributed by atoms with Gasteiger partial charge in [0.15, 0.2) is 0 Å². The van der Waals surface area contributed by atoms with E-state index in [0.29, 0.717) is 0 Å². The molecule has 0 fully saturated rings. The smallest absolute Gasteiger partial charge is 0.468 e. The van der Waals surface area contributed by atoms with Crippen LogP contribution in [0.3, 0.4) is 0 Å². The van der Waals surface area contributed by atoms with Gasteiger partial charge in [-0.25, -0.2) is 0 Å². The molecule has 0 aliphatic rings. The van der Waals surface area contributed by atoms with Crippen LogP contribution < -0.4 is 16.2 Å². The van der Waals surface area contributed by atoms with Crippen molar-refractivity contribution in [1.29, 1.82) is 0 Å². The maximum Gasteiger partial charge on any atom is 0.573 e. The van der Waals surface area contributed by atoms with E-state index in [1.54, 1.807) is 0 Å². The second-order valence-electron chi connectivity index (χ2n) is 3.74. The summed E-state index contributed by atoms with van der Waals surface area (Å²) < 4.78 is 44.4. The van der Waals surface area contributed by atoms with E-state index in [0.717, 1.165) is 19.2 Å². The summed E-state index contributed by atoms with van der Waals surface area (Å²) in [5.41, 5.74) is 11.6. The number of anilines is 1. The average molecular weight is 278 g/mol. The molecule has 19 heavy (non-hydrogen) atoms. The molecule has 0 bridgehead atoms.